The molecule has 1 saturated heterocycles. The summed E-state index contributed by atoms with van der Waals surface area (Å²) >= 11 is 0. The molecule has 120 valence electrons. The average molecular weight is 305 g/mol. The van der Waals surface area contributed by atoms with Gasteiger partial charge in [-0.05, 0) is 18.9 Å². The lowest BCUT2D eigenvalue weighted by atomic mass is 10.1. The molecular weight excluding hydrogens is 282 g/mol. The van der Waals surface area contributed by atoms with E-state index in [1.165, 1.54) is 12.8 Å². The van der Waals surface area contributed by atoms with E-state index in [-0.39, 0.29) is 5.91 Å². The normalized spacial score (nSPS) is 24.4. The standard InChI is InChI=1S/C16H23N3O3/c20-15(12-5-6-17-9-12)19-8-7-18(14-3-1-2-4-14)10-13(11-19)16(21)22/h5-6,9,13-14,17H,1-4,7-8,10-11H2,(H,21,22). The number of carbonyl (C=O) groups is 2. The maximum absolute atomic E-state index is 12.5. The fourth-order valence-electron chi connectivity index (χ4n) is 3.62. The number of rotatable bonds is 3. The van der Waals surface area contributed by atoms with Crippen molar-refractivity contribution >= 4 is 11.9 Å². The van der Waals surface area contributed by atoms with E-state index < -0.39 is 11.9 Å². The van der Waals surface area contributed by atoms with Gasteiger partial charge in [-0.25, -0.2) is 0 Å². The highest BCUT2D eigenvalue weighted by Crippen LogP contribution is 2.26. The van der Waals surface area contributed by atoms with Crippen molar-refractivity contribution in [3.8, 4) is 0 Å². The van der Waals surface area contributed by atoms with Crippen LogP contribution in [0.15, 0.2) is 18.5 Å². The second kappa shape index (κ2) is 6.52. The number of hydrogen-bond acceptors (Lipinski definition) is 3. The third kappa shape index (κ3) is 3.16. The molecule has 1 aromatic rings. The Balaban J connectivity index is 1.73. The number of aliphatic carboxylic acids is 1. The van der Waals surface area contributed by atoms with E-state index >= 15 is 0 Å². The number of nitrogens with one attached hydrogen (secondary N) is 1. The summed E-state index contributed by atoms with van der Waals surface area (Å²) in [5.41, 5.74) is 0.596. The van der Waals surface area contributed by atoms with Crippen LogP contribution in [0.5, 0.6) is 0 Å². The molecule has 0 radical (unpaired) electrons. The zero-order chi connectivity index (χ0) is 15.5. The predicted octanol–water partition coefficient (Wildman–Crippen LogP) is 1.42. The quantitative estimate of drug-likeness (QED) is 0.885. The molecule has 1 unspecified atom stereocenters. The SMILES string of the molecule is O=C(O)C1CN(C(=O)c2cc[nH]c2)CCN(C2CCCC2)C1. The molecule has 0 bridgehead atoms. The Hall–Kier alpha value is -1.82. The van der Waals surface area contributed by atoms with Gasteiger partial charge >= 0.3 is 5.97 Å². The molecule has 2 heterocycles. The molecule has 2 fully saturated rings. The Morgan fingerprint density at radius 2 is 1.95 bits per heavy atom. The van der Waals surface area contributed by atoms with Crippen LogP contribution in [0.2, 0.25) is 0 Å². The Morgan fingerprint density at radius 1 is 1.18 bits per heavy atom. The lowest BCUT2D eigenvalue weighted by Gasteiger charge is -2.28. The van der Waals surface area contributed by atoms with Crippen molar-refractivity contribution in [2.24, 2.45) is 5.92 Å². The number of carboxylic acid groups (broad SMARTS) is 1. The summed E-state index contributed by atoms with van der Waals surface area (Å²) in [5, 5.41) is 9.48. The summed E-state index contributed by atoms with van der Waals surface area (Å²) in [7, 11) is 0. The molecule has 2 aliphatic rings. The molecule has 1 aromatic heterocycles. The first-order valence-electron chi connectivity index (χ1n) is 8.04. The summed E-state index contributed by atoms with van der Waals surface area (Å²) < 4.78 is 0. The van der Waals surface area contributed by atoms with Gasteiger partial charge in [0.2, 0.25) is 0 Å². The zero-order valence-electron chi connectivity index (χ0n) is 12.7. The van der Waals surface area contributed by atoms with Crippen LogP contribution < -0.4 is 0 Å². The number of carboxylic acids is 1. The topological polar surface area (TPSA) is 76.6 Å². The smallest absolute Gasteiger partial charge is 0.309 e. The lowest BCUT2D eigenvalue weighted by molar-refractivity contribution is -0.142. The minimum Gasteiger partial charge on any atom is -0.481 e. The van der Waals surface area contributed by atoms with Gasteiger partial charge in [-0.15, -0.1) is 0 Å². The zero-order valence-corrected chi connectivity index (χ0v) is 12.7. The number of amides is 1. The van der Waals surface area contributed by atoms with Crippen LogP contribution in [-0.2, 0) is 4.79 Å². The first kappa shape index (κ1) is 15.1. The van der Waals surface area contributed by atoms with Crippen LogP contribution in [0.1, 0.15) is 36.0 Å². The lowest BCUT2D eigenvalue weighted by Crippen LogP contribution is -2.39. The number of aromatic amines is 1. The van der Waals surface area contributed by atoms with Crippen molar-refractivity contribution in [3.05, 3.63) is 24.0 Å². The second-order valence-corrected chi connectivity index (χ2v) is 6.32. The largest absolute Gasteiger partial charge is 0.481 e. The van der Waals surface area contributed by atoms with Gasteiger partial charge in [-0.1, -0.05) is 12.8 Å². The number of aromatic nitrogens is 1. The van der Waals surface area contributed by atoms with Crippen LogP contribution in [0, 0.1) is 5.92 Å². The van der Waals surface area contributed by atoms with E-state index in [1.54, 1.807) is 23.4 Å². The highest BCUT2D eigenvalue weighted by Gasteiger charge is 2.33. The second-order valence-electron chi connectivity index (χ2n) is 6.32. The van der Waals surface area contributed by atoms with Gasteiger partial charge in [0.1, 0.15) is 0 Å². The molecule has 3 rings (SSSR count). The van der Waals surface area contributed by atoms with Crippen LogP contribution in [0.3, 0.4) is 0 Å². The molecule has 6 nitrogen and oxygen atoms in total. The van der Waals surface area contributed by atoms with E-state index in [1.807, 2.05) is 0 Å². The van der Waals surface area contributed by atoms with Gasteiger partial charge in [0, 0.05) is 44.6 Å². The van der Waals surface area contributed by atoms with Crippen molar-refractivity contribution in [3.63, 3.8) is 0 Å². The number of nitrogens with zero attached hydrogens (tertiary/aromatic N) is 2. The highest BCUT2D eigenvalue weighted by molar-refractivity contribution is 5.94. The third-order valence-electron chi connectivity index (χ3n) is 4.88. The summed E-state index contributed by atoms with van der Waals surface area (Å²) in [6.07, 6.45) is 8.13. The van der Waals surface area contributed by atoms with Crippen LogP contribution in [0.25, 0.3) is 0 Å². The maximum atomic E-state index is 12.5. The van der Waals surface area contributed by atoms with Crippen LogP contribution in [-0.4, -0.2) is 64.0 Å². The summed E-state index contributed by atoms with van der Waals surface area (Å²) in [6.45, 7) is 2.22. The van der Waals surface area contributed by atoms with Gasteiger partial charge in [-0.3, -0.25) is 14.5 Å². The Labute approximate surface area is 130 Å². The molecule has 6 heteroatoms. The van der Waals surface area contributed by atoms with E-state index in [2.05, 4.69) is 9.88 Å². The predicted molar refractivity (Wildman–Crippen MR) is 81.7 cm³/mol. The summed E-state index contributed by atoms with van der Waals surface area (Å²) in [5.74, 6) is -1.40. The van der Waals surface area contributed by atoms with E-state index in [0.717, 1.165) is 19.4 Å². The Bertz CT molecular complexity index is 523. The number of H-pyrrole nitrogens is 1. The average Bonchev–Trinajstić information content (AvgIpc) is 3.16. The molecule has 0 spiro atoms. The third-order valence-corrected chi connectivity index (χ3v) is 4.88. The van der Waals surface area contributed by atoms with E-state index in [0.29, 0.717) is 31.2 Å². The summed E-state index contributed by atoms with van der Waals surface area (Å²) in [6, 6.07) is 2.22. The molecular formula is C16H23N3O3. The highest BCUT2D eigenvalue weighted by atomic mass is 16.4. The number of hydrogen-bond donors (Lipinski definition) is 2. The first-order chi connectivity index (χ1) is 10.6. The molecule has 1 amide bonds. The molecule has 0 aromatic carbocycles. The van der Waals surface area contributed by atoms with Crippen molar-refractivity contribution in [1.82, 2.24) is 14.8 Å². The maximum Gasteiger partial charge on any atom is 0.309 e. The fraction of sp³-hybridized carbons (Fsp3) is 0.625. The Kier molecular flexibility index (Phi) is 4.47. The Morgan fingerprint density at radius 3 is 2.59 bits per heavy atom. The molecule has 1 saturated carbocycles. The van der Waals surface area contributed by atoms with Crippen LogP contribution in [0.4, 0.5) is 0 Å². The summed E-state index contributed by atoms with van der Waals surface area (Å²) in [4.78, 5) is 30.9. The van der Waals surface area contributed by atoms with Gasteiger partial charge in [0.25, 0.3) is 5.91 Å². The molecule has 1 aliphatic heterocycles. The van der Waals surface area contributed by atoms with Crippen molar-refractivity contribution < 1.29 is 14.7 Å². The minimum absolute atomic E-state index is 0.0826. The van der Waals surface area contributed by atoms with Crippen molar-refractivity contribution in [2.75, 3.05) is 26.2 Å². The van der Waals surface area contributed by atoms with E-state index in [4.69, 9.17) is 0 Å². The first-order valence-corrected chi connectivity index (χ1v) is 8.04. The molecule has 22 heavy (non-hydrogen) atoms. The van der Waals surface area contributed by atoms with Gasteiger partial charge in [-0.2, -0.15) is 0 Å². The monoisotopic (exact) mass is 305 g/mol. The van der Waals surface area contributed by atoms with Gasteiger partial charge in [0.05, 0.1) is 11.5 Å². The minimum atomic E-state index is -0.809. The van der Waals surface area contributed by atoms with Crippen molar-refractivity contribution in [1.29, 1.82) is 0 Å². The molecule has 1 atom stereocenters. The van der Waals surface area contributed by atoms with Gasteiger partial charge < -0.3 is 15.0 Å². The number of carbonyl (C=O) groups excluding carboxylic acids is 1. The van der Waals surface area contributed by atoms with Gasteiger partial charge in [0.15, 0.2) is 0 Å². The molecule has 1 aliphatic carbocycles. The fourth-order valence-corrected chi connectivity index (χ4v) is 3.62. The molecule has 2 N–H and O–H groups in total. The van der Waals surface area contributed by atoms with E-state index in [9.17, 15) is 14.7 Å². The van der Waals surface area contributed by atoms with Crippen LogP contribution >= 0.6 is 0 Å². The van der Waals surface area contributed by atoms with Crippen molar-refractivity contribution in [2.45, 2.75) is 31.7 Å².